The maximum Gasteiger partial charge on any atom is 0.335 e. The van der Waals surface area contributed by atoms with Crippen LogP contribution in [0.3, 0.4) is 0 Å². The molecule has 0 radical (unpaired) electrons. The van der Waals surface area contributed by atoms with Gasteiger partial charge in [0.2, 0.25) is 5.91 Å². The molecule has 1 saturated carbocycles. The topological polar surface area (TPSA) is 109 Å². The van der Waals surface area contributed by atoms with Gasteiger partial charge in [-0.3, -0.25) is 4.79 Å². The largest absolute Gasteiger partial charge is 0.497 e. The molecule has 0 saturated heterocycles. The van der Waals surface area contributed by atoms with Crippen molar-refractivity contribution in [2.75, 3.05) is 12.4 Å². The van der Waals surface area contributed by atoms with E-state index in [9.17, 15) is 20.0 Å². The number of carboxylic acid groups (broad SMARTS) is 1. The predicted octanol–water partition coefficient (Wildman–Crippen LogP) is 3.48. The van der Waals surface area contributed by atoms with Crippen LogP contribution >= 0.6 is 0 Å². The average Bonchev–Trinajstić information content (AvgIpc) is 3.00. The second-order valence-electron chi connectivity index (χ2n) is 7.39. The molecule has 1 aliphatic carbocycles. The Balaban J connectivity index is 1.53. The molecule has 2 aliphatic rings. The first kappa shape index (κ1) is 18.8. The highest BCUT2D eigenvalue weighted by Gasteiger charge is 2.49. The molecule has 29 heavy (non-hydrogen) atoms. The third-order valence-corrected chi connectivity index (χ3v) is 5.85. The minimum Gasteiger partial charge on any atom is -0.497 e. The molecular formula is C22H20N2O5. The lowest BCUT2D eigenvalue weighted by molar-refractivity contribution is -0.122. The fraction of sp³-hybridized carbons (Fsp3) is 0.318. The standard InChI is InChI=1S/C22H20N2O5/c1-28-16-3-5-19(14(10-16)12-23)29-15-6-8-22(9-7-15)17-11-13(20(25)26)2-4-18(17)24-21(22)27/h2-5,10-11,15H,6-9H2,1H3,(H,24,27)(H,25,26)/t15-,22-. The van der Waals surface area contributed by atoms with E-state index in [1.807, 2.05) is 0 Å². The second-order valence-corrected chi connectivity index (χ2v) is 7.39. The first-order valence-corrected chi connectivity index (χ1v) is 9.41. The van der Waals surface area contributed by atoms with Gasteiger partial charge in [-0.05, 0) is 61.6 Å². The van der Waals surface area contributed by atoms with Gasteiger partial charge in [-0.15, -0.1) is 0 Å². The van der Waals surface area contributed by atoms with Crippen molar-refractivity contribution in [1.82, 2.24) is 0 Å². The average molecular weight is 392 g/mol. The number of amides is 1. The van der Waals surface area contributed by atoms with Gasteiger partial charge in [0.25, 0.3) is 0 Å². The Labute approximate surface area is 167 Å². The summed E-state index contributed by atoms with van der Waals surface area (Å²) in [5, 5.41) is 21.6. The Kier molecular flexibility index (Phi) is 4.63. The molecule has 148 valence electrons. The molecule has 1 aliphatic heterocycles. The monoisotopic (exact) mass is 392 g/mol. The van der Waals surface area contributed by atoms with Crippen LogP contribution in [0.5, 0.6) is 11.5 Å². The Morgan fingerprint density at radius 2 is 2.00 bits per heavy atom. The summed E-state index contributed by atoms with van der Waals surface area (Å²) in [7, 11) is 1.54. The lowest BCUT2D eigenvalue weighted by Crippen LogP contribution is -2.41. The highest BCUT2D eigenvalue weighted by molar-refractivity contribution is 6.07. The molecule has 2 aromatic rings. The fourth-order valence-corrected chi connectivity index (χ4v) is 4.25. The van der Waals surface area contributed by atoms with E-state index in [1.165, 1.54) is 13.2 Å². The SMILES string of the molecule is COc1ccc(O[C@H]2CC[C@@]3(CC2)C(=O)Nc2ccc(C(=O)O)cc23)c(C#N)c1. The number of carbonyl (C=O) groups excluding carboxylic acids is 1. The van der Waals surface area contributed by atoms with Gasteiger partial charge >= 0.3 is 5.97 Å². The number of nitrogens with zero attached hydrogens (tertiary/aromatic N) is 1. The van der Waals surface area contributed by atoms with E-state index < -0.39 is 11.4 Å². The van der Waals surface area contributed by atoms with Crippen molar-refractivity contribution in [3.05, 3.63) is 53.1 Å². The summed E-state index contributed by atoms with van der Waals surface area (Å²) in [5.74, 6) is -0.0119. The maximum atomic E-state index is 12.8. The third-order valence-electron chi connectivity index (χ3n) is 5.85. The second kappa shape index (κ2) is 7.13. The number of hydrogen-bond acceptors (Lipinski definition) is 5. The first-order chi connectivity index (χ1) is 14.0. The van der Waals surface area contributed by atoms with Gasteiger partial charge in [-0.1, -0.05) is 0 Å². The quantitative estimate of drug-likeness (QED) is 0.825. The van der Waals surface area contributed by atoms with E-state index in [-0.39, 0.29) is 17.6 Å². The van der Waals surface area contributed by atoms with Crippen LogP contribution in [0.1, 0.15) is 47.2 Å². The lowest BCUT2D eigenvalue weighted by Gasteiger charge is -2.36. The number of methoxy groups -OCH3 is 1. The van der Waals surface area contributed by atoms with Crippen LogP contribution in [0.4, 0.5) is 5.69 Å². The minimum atomic E-state index is -1.01. The number of ether oxygens (including phenoxy) is 2. The van der Waals surface area contributed by atoms with Gasteiger partial charge in [-0.25, -0.2) is 4.79 Å². The molecule has 7 heteroatoms. The molecule has 0 aromatic heterocycles. The van der Waals surface area contributed by atoms with Crippen molar-refractivity contribution in [1.29, 1.82) is 5.26 Å². The van der Waals surface area contributed by atoms with Gasteiger partial charge in [0.15, 0.2) is 0 Å². The van der Waals surface area contributed by atoms with Crippen LogP contribution in [-0.4, -0.2) is 30.2 Å². The zero-order valence-electron chi connectivity index (χ0n) is 15.9. The number of anilines is 1. The Morgan fingerprint density at radius 3 is 2.66 bits per heavy atom. The van der Waals surface area contributed by atoms with Crippen molar-refractivity contribution in [2.45, 2.75) is 37.2 Å². The summed E-state index contributed by atoms with van der Waals surface area (Å²) < 4.78 is 11.2. The molecule has 0 atom stereocenters. The molecule has 1 amide bonds. The maximum absolute atomic E-state index is 12.8. The third kappa shape index (κ3) is 3.17. The molecule has 0 unspecified atom stereocenters. The van der Waals surface area contributed by atoms with E-state index in [2.05, 4.69) is 11.4 Å². The summed E-state index contributed by atoms with van der Waals surface area (Å²) in [5.41, 5.74) is 1.29. The summed E-state index contributed by atoms with van der Waals surface area (Å²) in [4.78, 5) is 24.1. The lowest BCUT2D eigenvalue weighted by atomic mass is 9.69. The zero-order chi connectivity index (χ0) is 20.6. The van der Waals surface area contributed by atoms with E-state index in [4.69, 9.17) is 9.47 Å². The summed E-state index contributed by atoms with van der Waals surface area (Å²) >= 11 is 0. The molecule has 4 rings (SSSR count). The van der Waals surface area contributed by atoms with Crippen molar-refractivity contribution < 1.29 is 24.2 Å². The van der Waals surface area contributed by atoms with Crippen LogP contribution < -0.4 is 14.8 Å². The number of benzene rings is 2. The molecule has 2 aromatic carbocycles. The van der Waals surface area contributed by atoms with E-state index >= 15 is 0 Å². The molecule has 1 heterocycles. The molecule has 1 fully saturated rings. The normalized spacial score (nSPS) is 22.5. The molecular weight excluding hydrogens is 372 g/mol. The Hall–Kier alpha value is -3.53. The fourth-order valence-electron chi connectivity index (χ4n) is 4.25. The number of nitriles is 1. The van der Waals surface area contributed by atoms with Gasteiger partial charge in [0, 0.05) is 11.8 Å². The number of nitrogens with one attached hydrogen (secondary N) is 1. The van der Waals surface area contributed by atoms with E-state index in [0.29, 0.717) is 48.4 Å². The van der Waals surface area contributed by atoms with Crippen molar-refractivity contribution in [3.63, 3.8) is 0 Å². The van der Waals surface area contributed by atoms with Crippen molar-refractivity contribution >= 4 is 17.6 Å². The van der Waals surface area contributed by atoms with Crippen molar-refractivity contribution in [3.8, 4) is 17.6 Å². The molecule has 2 N–H and O–H groups in total. The highest BCUT2D eigenvalue weighted by atomic mass is 16.5. The molecule has 1 spiro atoms. The number of carboxylic acids is 1. The van der Waals surface area contributed by atoms with Crippen LogP contribution in [0.25, 0.3) is 0 Å². The van der Waals surface area contributed by atoms with Crippen LogP contribution in [0.15, 0.2) is 36.4 Å². The number of aromatic carboxylic acids is 1. The predicted molar refractivity (Wildman–Crippen MR) is 104 cm³/mol. The number of carbonyl (C=O) groups is 2. The van der Waals surface area contributed by atoms with Crippen molar-refractivity contribution in [2.24, 2.45) is 0 Å². The summed E-state index contributed by atoms with van der Waals surface area (Å²) in [6, 6.07) is 12.0. The van der Waals surface area contributed by atoms with Gasteiger partial charge < -0.3 is 19.9 Å². The van der Waals surface area contributed by atoms with Gasteiger partial charge in [0.05, 0.1) is 29.8 Å². The Bertz CT molecular complexity index is 1030. The summed E-state index contributed by atoms with van der Waals surface area (Å²) in [6.07, 6.45) is 2.23. The zero-order valence-corrected chi connectivity index (χ0v) is 15.9. The Morgan fingerprint density at radius 1 is 1.24 bits per heavy atom. The highest BCUT2D eigenvalue weighted by Crippen LogP contribution is 2.48. The minimum absolute atomic E-state index is 0.0874. The van der Waals surface area contributed by atoms with Crippen LogP contribution in [0.2, 0.25) is 0 Å². The van der Waals surface area contributed by atoms with E-state index in [0.717, 1.165) is 5.56 Å². The van der Waals surface area contributed by atoms with Crippen LogP contribution in [-0.2, 0) is 10.2 Å². The summed E-state index contributed by atoms with van der Waals surface area (Å²) in [6.45, 7) is 0. The molecule has 0 bridgehead atoms. The van der Waals surface area contributed by atoms with Crippen LogP contribution in [0, 0.1) is 11.3 Å². The van der Waals surface area contributed by atoms with Gasteiger partial charge in [0.1, 0.15) is 17.6 Å². The smallest absolute Gasteiger partial charge is 0.335 e. The number of fused-ring (bicyclic) bond motifs is 2. The van der Waals surface area contributed by atoms with Gasteiger partial charge in [-0.2, -0.15) is 5.26 Å². The molecule has 7 nitrogen and oxygen atoms in total. The number of hydrogen-bond donors (Lipinski definition) is 2. The van der Waals surface area contributed by atoms with E-state index in [1.54, 1.807) is 30.3 Å². The number of rotatable bonds is 4. The first-order valence-electron chi connectivity index (χ1n) is 9.41.